The molecule has 0 radical (unpaired) electrons. The maximum atomic E-state index is 11.0. The molecule has 0 spiro atoms. The number of rotatable bonds is 5. The van der Waals surface area contributed by atoms with Gasteiger partial charge < -0.3 is 15.3 Å². The average molecular weight is 255 g/mol. The van der Waals surface area contributed by atoms with Crippen molar-refractivity contribution in [2.75, 3.05) is 30.9 Å². The maximum Gasteiger partial charge on any atom is 0.332 e. The smallest absolute Gasteiger partial charge is 0.332 e. The van der Waals surface area contributed by atoms with Crippen molar-refractivity contribution in [2.24, 2.45) is 0 Å². The van der Waals surface area contributed by atoms with Crippen LogP contribution in [0.15, 0.2) is 0 Å². The summed E-state index contributed by atoms with van der Waals surface area (Å²) in [5.41, 5.74) is 0.143. The summed E-state index contributed by atoms with van der Waals surface area (Å²) in [7, 11) is 3.28. The van der Waals surface area contributed by atoms with Gasteiger partial charge in [-0.1, -0.05) is 0 Å². The van der Waals surface area contributed by atoms with Crippen molar-refractivity contribution < 1.29 is 10.0 Å². The fourth-order valence-electron chi connectivity index (χ4n) is 1.63. The molecule has 18 heavy (non-hydrogen) atoms. The van der Waals surface area contributed by atoms with Crippen LogP contribution in [-0.4, -0.2) is 46.7 Å². The van der Waals surface area contributed by atoms with Gasteiger partial charge in [0.25, 0.3) is 0 Å². The lowest BCUT2D eigenvalue weighted by atomic mass is 10.3. The van der Waals surface area contributed by atoms with Crippen LogP contribution in [0.3, 0.4) is 0 Å². The largest absolute Gasteiger partial charge is 0.392 e. The third-order valence-electron chi connectivity index (χ3n) is 2.35. The van der Waals surface area contributed by atoms with Crippen LogP contribution in [0.2, 0.25) is 0 Å². The first-order chi connectivity index (χ1) is 8.36. The number of aliphatic hydroxyl groups excluding tert-OH is 1. The first kappa shape index (κ1) is 14.1. The summed E-state index contributed by atoms with van der Waals surface area (Å²) in [5.74, 6) is 0.503. The van der Waals surface area contributed by atoms with Gasteiger partial charge in [-0.25, -0.2) is 4.98 Å². The Morgan fingerprint density at radius 3 is 2.61 bits per heavy atom. The fraction of sp³-hybridized carbons (Fsp3) is 0.600. The third-order valence-corrected chi connectivity index (χ3v) is 2.35. The maximum absolute atomic E-state index is 11.0. The quantitative estimate of drug-likeness (QED) is 0.584. The number of anilines is 2. The lowest BCUT2D eigenvalue weighted by Crippen LogP contribution is -2.28. The molecule has 0 amide bonds. The van der Waals surface area contributed by atoms with Crippen molar-refractivity contribution >= 4 is 17.5 Å². The number of hydrogen-bond donors (Lipinski definition) is 2. The SMILES string of the molecule is CNc1nc(C)c([N+](=O)[O-])c(N(C)CC(C)O)n1. The zero-order valence-corrected chi connectivity index (χ0v) is 10.8. The molecule has 0 aliphatic rings. The van der Waals surface area contributed by atoms with E-state index in [1.54, 1.807) is 32.8 Å². The van der Waals surface area contributed by atoms with Crippen LogP contribution >= 0.6 is 0 Å². The minimum absolute atomic E-state index is 0.142. The second-order valence-corrected chi connectivity index (χ2v) is 4.04. The summed E-state index contributed by atoms with van der Waals surface area (Å²) in [4.78, 5) is 20.1. The van der Waals surface area contributed by atoms with E-state index in [-0.39, 0.29) is 23.7 Å². The molecule has 0 aromatic carbocycles. The average Bonchev–Trinajstić information content (AvgIpc) is 2.26. The van der Waals surface area contributed by atoms with E-state index < -0.39 is 11.0 Å². The van der Waals surface area contributed by atoms with Crippen molar-refractivity contribution in [3.8, 4) is 0 Å². The van der Waals surface area contributed by atoms with Crippen molar-refractivity contribution in [3.05, 3.63) is 15.8 Å². The molecular formula is C10H17N5O3. The second kappa shape index (κ2) is 5.58. The first-order valence-corrected chi connectivity index (χ1v) is 5.46. The molecule has 1 aromatic rings. The molecule has 1 heterocycles. The summed E-state index contributed by atoms with van der Waals surface area (Å²) < 4.78 is 0. The molecule has 1 aromatic heterocycles. The van der Waals surface area contributed by atoms with E-state index in [2.05, 4.69) is 15.3 Å². The zero-order chi connectivity index (χ0) is 13.9. The molecule has 0 bridgehead atoms. The van der Waals surface area contributed by atoms with Gasteiger partial charge in [-0.15, -0.1) is 0 Å². The summed E-state index contributed by atoms with van der Waals surface area (Å²) >= 11 is 0. The highest BCUT2D eigenvalue weighted by atomic mass is 16.6. The summed E-state index contributed by atoms with van der Waals surface area (Å²) in [6.07, 6.45) is -0.608. The van der Waals surface area contributed by atoms with Gasteiger partial charge in [0, 0.05) is 20.6 Å². The van der Waals surface area contributed by atoms with Crippen LogP contribution in [0.25, 0.3) is 0 Å². The molecule has 0 fully saturated rings. The predicted molar refractivity (Wildman–Crippen MR) is 67.9 cm³/mol. The summed E-state index contributed by atoms with van der Waals surface area (Å²) in [6.45, 7) is 3.41. The Morgan fingerprint density at radius 1 is 1.56 bits per heavy atom. The normalized spacial score (nSPS) is 12.1. The molecule has 2 N–H and O–H groups in total. The van der Waals surface area contributed by atoms with Gasteiger partial charge in [0.05, 0.1) is 11.0 Å². The molecule has 100 valence electrons. The molecule has 0 aliphatic heterocycles. The van der Waals surface area contributed by atoms with E-state index >= 15 is 0 Å². The Morgan fingerprint density at radius 2 is 2.17 bits per heavy atom. The number of aryl methyl sites for hydroxylation is 1. The lowest BCUT2D eigenvalue weighted by molar-refractivity contribution is -0.385. The topological polar surface area (TPSA) is 104 Å². The minimum Gasteiger partial charge on any atom is -0.392 e. The van der Waals surface area contributed by atoms with Crippen LogP contribution in [0.1, 0.15) is 12.6 Å². The van der Waals surface area contributed by atoms with Crippen molar-refractivity contribution in [1.29, 1.82) is 0 Å². The molecule has 0 saturated heterocycles. The number of aliphatic hydroxyl groups is 1. The van der Waals surface area contributed by atoms with E-state index in [9.17, 15) is 15.2 Å². The van der Waals surface area contributed by atoms with Crippen molar-refractivity contribution in [1.82, 2.24) is 9.97 Å². The standard InChI is InChI=1S/C10H17N5O3/c1-6(16)5-14(4)9-8(15(17)18)7(2)12-10(11-3)13-9/h6,16H,5H2,1-4H3,(H,11,12,13). The van der Waals surface area contributed by atoms with E-state index in [1.165, 1.54) is 0 Å². The molecule has 1 atom stereocenters. The summed E-state index contributed by atoms with van der Waals surface area (Å²) in [5, 5.41) is 23.1. The van der Waals surface area contributed by atoms with Gasteiger partial charge in [0.2, 0.25) is 11.8 Å². The Labute approximate surface area is 105 Å². The number of likely N-dealkylation sites (N-methyl/N-ethyl adjacent to an activating group) is 1. The molecule has 1 rings (SSSR count). The Balaban J connectivity index is 3.29. The highest BCUT2D eigenvalue weighted by Crippen LogP contribution is 2.28. The van der Waals surface area contributed by atoms with Crippen molar-refractivity contribution in [2.45, 2.75) is 20.0 Å². The molecule has 8 nitrogen and oxygen atoms in total. The fourth-order valence-corrected chi connectivity index (χ4v) is 1.63. The number of nitrogens with one attached hydrogen (secondary N) is 1. The van der Waals surface area contributed by atoms with Crippen LogP contribution in [0, 0.1) is 17.0 Å². The molecular weight excluding hydrogens is 238 g/mol. The van der Waals surface area contributed by atoms with Gasteiger partial charge in [0.15, 0.2) is 0 Å². The van der Waals surface area contributed by atoms with Gasteiger partial charge in [-0.3, -0.25) is 10.1 Å². The Bertz CT molecular complexity index is 449. The van der Waals surface area contributed by atoms with Gasteiger partial charge >= 0.3 is 5.69 Å². The number of aromatic nitrogens is 2. The third kappa shape index (κ3) is 3.04. The van der Waals surface area contributed by atoms with Crippen LogP contribution in [0.5, 0.6) is 0 Å². The Kier molecular flexibility index (Phi) is 4.38. The monoisotopic (exact) mass is 255 g/mol. The molecule has 1 unspecified atom stereocenters. The van der Waals surface area contributed by atoms with E-state index in [0.717, 1.165) is 0 Å². The predicted octanol–water partition coefficient (Wildman–Crippen LogP) is 0.552. The van der Waals surface area contributed by atoms with Crippen molar-refractivity contribution in [3.63, 3.8) is 0 Å². The number of nitrogens with zero attached hydrogens (tertiary/aromatic N) is 4. The number of hydrogen-bond acceptors (Lipinski definition) is 7. The first-order valence-electron chi connectivity index (χ1n) is 5.46. The van der Waals surface area contributed by atoms with E-state index in [0.29, 0.717) is 5.95 Å². The lowest BCUT2D eigenvalue weighted by Gasteiger charge is -2.20. The highest BCUT2D eigenvalue weighted by molar-refractivity contribution is 5.62. The van der Waals surface area contributed by atoms with Crippen LogP contribution in [0.4, 0.5) is 17.5 Å². The zero-order valence-electron chi connectivity index (χ0n) is 10.8. The van der Waals surface area contributed by atoms with Crippen LogP contribution < -0.4 is 10.2 Å². The van der Waals surface area contributed by atoms with Gasteiger partial charge in [-0.2, -0.15) is 4.98 Å². The minimum atomic E-state index is -0.608. The molecule has 0 saturated carbocycles. The van der Waals surface area contributed by atoms with Crippen LogP contribution in [-0.2, 0) is 0 Å². The van der Waals surface area contributed by atoms with E-state index in [4.69, 9.17) is 0 Å². The van der Waals surface area contributed by atoms with E-state index in [1.807, 2.05) is 0 Å². The number of nitro groups is 1. The summed E-state index contributed by atoms with van der Waals surface area (Å²) in [6, 6.07) is 0. The molecule has 0 aliphatic carbocycles. The second-order valence-electron chi connectivity index (χ2n) is 4.04. The van der Waals surface area contributed by atoms with Gasteiger partial charge in [-0.05, 0) is 13.8 Å². The molecule has 8 heteroatoms. The Hall–Kier alpha value is -1.96. The highest BCUT2D eigenvalue weighted by Gasteiger charge is 2.25. The van der Waals surface area contributed by atoms with Gasteiger partial charge in [0.1, 0.15) is 5.69 Å².